The van der Waals surface area contributed by atoms with E-state index in [0.29, 0.717) is 13.0 Å². The van der Waals surface area contributed by atoms with Gasteiger partial charge in [-0.05, 0) is 64.6 Å². The number of rotatable bonds is 9. The van der Waals surface area contributed by atoms with Gasteiger partial charge in [0.25, 0.3) is 0 Å². The summed E-state index contributed by atoms with van der Waals surface area (Å²) >= 11 is 0. The number of hydrogen-bond acceptors (Lipinski definition) is 3. The number of aliphatic carboxylic acids is 1. The summed E-state index contributed by atoms with van der Waals surface area (Å²) in [7, 11) is 0. The van der Waals surface area contributed by atoms with Crippen molar-refractivity contribution in [3.63, 3.8) is 0 Å². The van der Waals surface area contributed by atoms with E-state index in [9.17, 15) is 9.90 Å². The number of piperidine rings is 1. The van der Waals surface area contributed by atoms with Crippen LogP contribution in [0.4, 0.5) is 0 Å². The minimum Gasteiger partial charge on any atom is -0.480 e. The van der Waals surface area contributed by atoms with Crippen LogP contribution in [0.2, 0.25) is 0 Å². The van der Waals surface area contributed by atoms with E-state index in [1.165, 1.54) is 32.4 Å². The highest BCUT2D eigenvalue weighted by Crippen LogP contribution is 2.20. The van der Waals surface area contributed by atoms with Gasteiger partial charge in [0.15, 0.2) is 0 Å². The van der Waals surface area contributed by atoms with Gasteiger partial charge in [0.1, 0.15) is 5.54 Å². The van der Waals surface area contributed by atoms with Crippen LogP contribution < -0.4 is 5.32 Å². The second-order valence-electron chi connectivity index (χ2n) is 6.34. The summed E-state index contributed by atoms with van der Waals surface area (Å²) in [6.07, 6.45) is 6.77. The quantitative estimate of drug-likeness (QED) is 0.639. The Balaban J connectivity index is 2.24. The number of likely N-dealkylation sites (N-methyl/N-ethyl adjacent to an activating group) is 1. The van der Waals surface area contributed by atoms with Crippen molar-refractivity contribution in [3.8, 4) is 0 Å². The molecule has 1 aliphatic heterocycles. The molecule has 0 aromatic heterocycles. The topological polar surface area (TPSA) is 52.6 Å². The average Bonchev–Trinajstić information content (AvgIpc) is 2.44. The van der Waals surface area contributed by atoms with Crippen LogP contribution in [0, 0.1) is 5.92 Å². The molecule has 0 amide bonds. The normalized spacial score (nSPS) is 23.4. The fourth-order valence-electron chi connectivity index (χ4n) is 3.16. The first-order valence-corrected chi connectivity index (χ1v) is 8.22. The smallest absolute Gasteiger partial charge is 0.323 e. The predicted octanol–water partition coefficient (Wildman–Crippen LogP) is 2.73. The second-order valence-corrected chi connectivity index (χ2v) is 6.34. The maximum atomic E-state index is 11.3. The maximum Gasteiger partial charge on any atom is 0.323 e. The van der Waals surface area contributed by atoms with Crippen molar-refractivity contribution in [2.75, 3.05) is 26.2 Å². The van der Waals surface area contributed by atoms with Crippen molar-refractivity contribution < 1.29 is 9.90 Å². The van der Waals surface area contributed by atoms with Gasteiger partial charge >= 0.3 is 5.97 Å². The van der Waals surface area contributed by atoms with Crippen LogP contribution in [-0.2, 0) is 4.79 Å². The van der Waals surface area contributed by atoms with E-state index in [4.69, 9.17) is 0 Å². The molecule has 4 heteroatoms. The monoisotopic (exact) mass is 284 g/mol. The number of carbonyl (C=O) groups is 1. The van der Waals surface area contributed by atoms with E-state index in [1.807, 2.05) is 6.92 Å². The summed E-state index contributed by atoms with van der Waals surface area (Å²) in [5, 5.41) is 12.4. The molecule has 1 saturated heterocycles. The summed E-state index contributed by atoms with van der Waals surface area (Å²) in [6, 6.07) is 0. The van der Waals surface area contributed by atoms with Crippen LogP contribution in [0.5, 0.6) is 0 Å². The van der Waals surface area contributed by atoms with E-state index in [0.717, 1.165) is 25.3 Å². The number of nitrogens with zero attached hydrogens (tertiary/aromatic N) is 1. The number of likely N-dealkylation sites (tertiary alicyclic amines) is 1. The summed E-state index contributed by atoms with van der Waals surface area (Å²) in [5.74, 6) is 0.137. The van der Waals surface area contributed by atoms with E-state index in [2.05, 4.69) is 17.1 Å². The Morgan fingerprint density at radius 3 is 2.75 bits per heavy atom. The number of nitrogens with one attached hydrogen (secondary N) is 1. The molecule has 0 aromatic carbocycles. The lowest BCUT2D eigenvalue weighted by Crippen LogP contribution is -2.49. The van der Waals surface area contributed by atoms with Crippen molar-refractivity contribution in [2.24, 2.45) is 5.92 Å². The Hall–Kier alpha value is -0.610. The van der Waals surface area contributed by atoms with Crippen LogP contribution in [-0.4, -0.2) is 47.7 Å². The molecule has 1 rings (SSSR count). The van der Waals surface area contributed by atoms with Gasteiger partial charge in [0.05, 0.1) is 0 Å². The van der Waals surface area contributed by atoms with Crippen molar-refractivity contribution in [1.29, 1.82) is 0 Å². The van der Waals surface area contributed by atoms with Crippen LogP contribution in [0.3, 0.4) is 0 Å². The Labute approximate surface area is 123 Å². The number of carboxylic acid groups (broad SMARTS) is 1. The molecule has 0 radical (unpaired) electrons. The molecule has 1 aliphatic rings. The molecule has 2 unspecified atom stereocenters. The molecular weight excluding hydrogens is 252 g/mol. The summed E-state index contributed by atoms with van der Waals surface area (Å²) < 4.78 is 0. The zero-order chi connectivity index (χ0) is 15.0. The lowest BCUT2D eigenvalue weighted by molar-refractivity contribution is -0.144. The minimum absolute atomic E-state index is 0.701. The Morgan fingerprint density at radius 1 is 1.40 bits per heavy atom. The molecule has 20 heavy (non-hydrogen) atoms. The maximum absolute atomic E-state index is 11.3. The molecule has 0 saturated carbocycles. The largest absolute Gasteiger partial charge is 0.480 e. The Bertz CT molecular complexity index is 296. The van der Waals surface area contributed by atoms with Gasteiger partial charge in [-0.15, -0.1) is 0 Å². The van der Waals surface area contributed by atoms with Crippen molar-refractivity contribution in [2.45, 2.75) is 64.8 Å². The lowest BCUT2D eigenvalue weighted by atomic mass is 9.93. The summed E-state index contributed by atoms with van der Waals surface area (Å²) in [5.41, 5.74) is -0.761. The molecule has 4 nitrogen and oxygen atoms in total. The number of unbranched alkanes of at least 4 members (excludes halogenated alkanes) is 1. The van der Waals surface area contributed by atoms with Gasteiger partial charge in [0, 0.05) is 6.54 Å². The van der Waals surface area contributed by atoms with E-state index >= 15 is 0 Å². The first-order chi connectivity index (χ1) is 9.51. The first kappa shape index (κ1) is 17.4. The Kier molecular flexibility index (Phi) is 7.52. The van der Waals surface area contributed by atoms with Crippen LogP contribution in [0.15, 0.2) is 0 Å². The second kappa shape index (κ2) is 8.63. The number of hydrogen-bond donors (Lipinski definition) is 2. The first-order valence-electron chi connectivity index (χ1n) is 8.22. The standard InChI is InChI=1S/C16H32N2O2/c1-4-14-9-8-12-18(13-14)11-7-6-10-16(3,15(19)20)17-5-2/h14,17H,4-13H2,1-3H3,(H,19,20). The SMILES string of the molecule is CCNC(C)(CCCCN1CCCC(CC)C1)C(=O)O. The van der Waals surface area contributed by atoms with E-state index in [-0.39, 0.29) is 0 Å². The molecule has 2 N–H and O–H groups in total. The highest BCUT2D eigenvalue weighted by Gasteiger charge is 2.31. The van der Waals surface area contributed by atoms with Gasteiger partial charge in [-0.1, -0.05) is 20.3 Å². The molecule has 0 aliphatic carbocycles. The van der Waals surface area contributed by atoms with Gasteiger partial charge in [0.2, 0.25) is 0 Å². The Morgan fingerprint density at radius 2 is 2.15 bits per heavy atom. The van der Waals surface area contributed by atoms with Crippen molar-refractivity contribution in [1.82, 2.24) is 10.2 Å². The van der Waals surface area contributed by atoms with E-state index < -0.39 is 11.5 Å². The molecule has 0 spiro atoms. The van der Waals surface area contributed by atoms with Gasteiger partial charge in [-0.2, -0.15) is 0 Å². The third-order valence-corrected chi connectivity index (χ3v) is 4.62. The van der Waals surface area contributed by atoms with Crippen LogP contribution in [0.1, 0.15) is 59.3 Å². The molecule has 2 atom stereocenters. The predicted molar refractivity (Wildman–Crippen MR) is 83.0 cm³/mol. The summed E-state index contributed by atoms with van der Waals surface area (Å²) in [4.78, 5) is 13.9. The minimum atomic E-state index is -0.761. The van der Waals surface area contributed by atoms with E-state index in [1.54, 1.807) is 6.92 Å². The summed E-state index contributed by atoms with van der Waals surface area (Å²) in [6.45, 7) is 10.3. The third kappa shape index (κ3) is 5.41. The highest BCUT2D eigenvalue weighted by molar-refractivity contribution is 5.78. The van der Waals surface area contributed by atoms with Crippen molar-refractivity contribution in [3.05, 3.63) is 0 Å². The molecule has 0 bridgehead atoms. The van der Waals surface area contributed by atoms with Crippen LogP contribution in [0.25, 0.3) is 0 Å². The molecule has 1 fully saturated rings. The molecular formula is C16H32N2O2. The molecule has 1 heterocycles. The highest BCUT2D eigenvalue weighted by atomic mass is 16.4. The molecule has 118 valence electrons. The zero-order valence-corrected chi connectivity index (χ0v) is 13.5. The van der Waals surface area contributed by atoms with Gasteiger partial charge in [-0.25, -0.2) is 0 Å². The average molecular weight is 284 g/mol. The van der Waals surface area contributed by atoms with Crippen LogP contribution >= 0.6 is 0 Å². The fraction of sp³-hybridized carbons (Fsp3) is 0.938. The van der Waals surface area contributed by atoms with Gasteiger partial charge < -0.3 is 15.3 Å². The zero-order valence-electron chi connectivity index (χ0n) is 13.5. The molecule has 0 aromatic rings. The lowest BCUT2D eigenvalue weighted by Gasteiger charge is -2.32. The number of carboxylic acids is 1. The fourth-order valence-corrected chi connectivity index (χ4v) is 3.16. The van der Waals surface area contributed by atoms with Crippen molar-refractivity contribution >= 4 is 5.97 Å². The van der Waals surface area contributed by atoms with Gasteiger partial charge in [-0.3, -0.25) is 4.79 Å². The third-order valence-electron chi connectivity index (χ3n) is 4.62.